The minimum Gasteiger partial charge on any atom is -0.390 e. The van der Waals surface area contributed by atoms with Crippen molar-refractivity contribution in [3.8, 4) is 0 Å². The molecule has 106 valence electrons. The van der Waals surface area contributed by atoms with E-state index in [-0.39, 0.29) is 5.60 Å². The third-order valence-corrected chi connectivity index (χ3v) is 4.55. The summed E-state index contributed by atoms with van der Waals surface area (Å²) >= 11 is 0. The molecule has 0 heterocycles. The lowest BCUT2D eigenvalue weighted by Crippen LogP contribution is -2.48. The highest BCUT2D eigenvalue weighted by molar-refractivity contribution is 5.22. The average molecular weight is 262 g/mol. The Morgan fingerprint density at radius 3 is 2.63 bits per heavy atom. The van der Waals surface area contributed by atoms with E-state index >= 15 is 0 Å². The van der Waals surface area contributed by atoms with Crippen LogP contribution in [0.5, 0.6) is 0 Å². The van der Waals surface area contributed by atoms with Gasteiger partial charge < -0.3 is 9.84 Å². The summed E-state index contributed by atoms with van der Waals surface area (Å²) in [6.07, 6.45) is 4.61. The Kier molecular flexibility index (Phi) is 4.64. The van der Waals surface area contributed by atoms with E-state index < -0.39 is 6.10 Å². The third kappa shape index (κ3) is 3.37. The maximum Gasteiger partial charge on any atom is 0.0942 e. The van der Waals surface area contributed by atoms with Gasteiger partial charge in [0.15, 0.2) is 0 Å². The Morgan fingerprint density at radius 1 is 1.37 bits per heavy atom. The zero-order chi connectivity index (χ0) is 13.9. The fourth-order valence-electron chi connectivity index (χ4n) is 3.30. The molecule has 1 aromatic carbocycles. The topological polar surface area (TPSA) is 29.5 Å². The summed E-state index contributed by atoms with van der Waals surface area (Å²) in [5, 5.41) is 10.6. The summed E-state index contributed by atoms with van der Waals surface area (Å²) < 4.78 is 5.76. The number of aryl methyl sites for hydroxylation is 1. The molecule has 1 aliphatic rings. The second-order valence-electron chi connectivity index (χ2n) is 6.18. The average Bonchev–Trinajstić information content (AvgIpc) is 2.41. The molecule has 0 aromatic heterocycles. The van der Waals surface area contributed by atoms with E-state index in [1.165, 1.54) is 17.5 Å². The molecular formula is C17H26O2. The number of aliphatic hydroxyl groups excluding tert-OH is 1. The predicted octanol–water partition coefficient (Wildman–Crippen LogP) is 3.49. The maximum absolute atomic E-state index is 10.6. The molecule has 1 aliphatic carbocycles. The second-order valence-corrected chi connectivity index (χ2v) is 6.18. The summed E-state index contributed by atoms with van der Waals surface area (Å²) in [4.78, 5) is 0. The van der Waals surface area contributed by atoms with Crippen molar-refractivity contribution >= 4 is 0 Å². The Morgan fingerprint density at radius 2 is 2.05 bits per heavy atom. The lowest BCUT2D eigenvalue weighted by atomic mass is 9.74. The molecule has 1 fully saturated rings. The van der Waals surface area contributed by atoms with Crippen LogP contribution in [-0.4, -0.2) is 23.9 Å². The van der Waals surface area contributed by atoms with Crippen LogP contribution in [0.2, 0.25) is 0 Å². The molecule has 3 unspecified atom stereocenters. The van der Waals surface area contributed by atoms with Crippen molar-refractivity contribution in [2.45, 2.75) is 57.7 Å². The quantitative estimate of drug-likeness (QED) is 0.900. The van der Waals surface area contributed by atoms with Gasteiger partial charge in [0.25, 0.3) is 0 Å². The van der Waals surface area contributed by atoms with Crippen molar-refractivity contribution in [1.29, 1.82) is 0 Å². The van der Waals surface area contributed by atoms with Crippen LogP contribution in [0.25, 0.3) is 0 Å². The van der Waals surface area contributed by atoms with Gasteiger partial charge in [0.05, 0.1) is 11.7 Å². The van der Waals surface area contributed by atoms with Crippen molar-refractivity contribution in [3.63, 3.8) is 0 Å². The summed E-state index contributed by atoms with van der Waals surface area (Å²) in [6.45, 7) is 4.34. The fraction of sp³-hybridized carbons (Fsp3) is 0.647. The number of aliphatic hydroxyl groups is 1. The molecule has 1 N–H and O–H groups in total. The highest BCUT2D eigenvalue weighted by atomic mass is 16.5. The van der Waals surface area contributed by atoms with Crippen molar-refractivity contribution in [2.24, 2.45) is 5.92 Å². The highest BCUT2D eigenvalue weighted by Gasteiger charge is 2.41. The fourth-order valence-corrected chi connectivity index (χ4v) is 3.30. The lowest BCUT2D eigenvalue weighted by molar-refractivity contribution is -0.131. The van der Waals surface area contributed by atoms with Gasteiger partial charge in [-0.1, -0.05) is 49.6 Å². The van der Waals surface area contributed by atoms with Gasteiger partial charge in [-0.25, -0.2) is 0 Å². The molecule has 0 saturated heterocycles. The smallest absolute Gasteiger partial charge is 0.0942 e. The molecule has 0 radical (unpaired) electrons. The first-order valence-electron chi connectivity index (χ1n) is 7.34. The summed E-state index contributed by atoms with van der Waals surface area (Å²) in [5.41, 5.74) is 2.10. The van der Waals surface area contributed by atoms with Crippen molar-refractivity contribution < 1.29 is 9.84 Å². The van der Waals surface area contributed by atoms with E-state index in [0.717, 1.165) is 19.3 Å². The van der Waals surface area contributed by atoms with Crippen LogP contribution in [0.15, 0.2) is 24.3 Å². The van der Waals surface area contributed by atoms with E-state index in [1.54, 1.807) is 7.11 Å². The largest absolute Gasteiger partial charge is 0.390 e. The molecule has 19 heavy (non-hydrogen) atoms. The van der Waals surface area contributed by atoms with Crippen molar-refractivity contribution in [1.82, 2.24) is 0 Å². The Hall–Kier alpha value is -0.860. The van der Waals surface area contributed by atoms with E-state index in [0.29, 0.717) is 12.3 Å². The number of rotatable bonds is 4. The van der Waals surface area contributed by atoms with Crippen molar-refractivity contribution in [3.05, 3.63) is 35.4 Å². The monoisotopic (exact) mass is 262 g/mol. The van der Waals surface area contributed by atoms with Gasteiger partial charge in [0.1, 0.15) is 0 Å². The summed E-state index contributed by atoms with van der Waals surface area (Å²) in [7, 11) is 1.75. The number of hydrogen-bond donors (Lipinski definition) is 1. The van der Waals surface area contributed by atoms with Gasteiger partial charge in [-0.2, -0.15) is 0 Å². The number of methoxy groups -OCH3 is 1. The van der Waals surface area contributed by atoms with Gasteiger partial charge in [-0.3, -0.25) is 0 Å². The van der Waals surface area contributed by atoms with E-state index in [1.807, 2.05) is 0 Å². The van der Waals surface area contributed by atoms with Gasteiger partial charge in [-0.15, -0.1) is 0 Å². The molecule has 3 atom stereocenters. The summed E-state index contributed by atoms with van der Waals surface area (Å²) in [6, 6.07) is 8.42. The lowest BCUT2D eigenvalue weighted by Gasteiger charge is -2.42. The van der Waals surface area contributed by atoms with Gasteiger partial charge in [0.2, 0.25) is 0 Å². The Bertz CT molecular complexity index is 398. The van der Waals surface area contributed by atoms with Crippen LogP contribution in [0.1, 0.15) is 43.7 Å². The molecule has 2 nitrogen and oxygen atoms in total. The minimum absolute atomic E-state index is 0.345. The molecule has 0 aliphatic heterocycles. The van der Waals surface area contributed by atoms with Crippen LogP contribution in [0.4, 0.5) is 0 Å². The standard InChI is InChI=1S/C17H26O2/c1-13-6-8-15(9-7-13)11-16(18)17(19-3)10-4-5-14(2)12-17/h6-9,14,16,18H,4-5,10-12H2,1-3H3. The number of ether oxygens (including phenoxy) is 1. The van der Waals surface area contributed by atoms with Gasteiger partial charge in [0, 0.05) is 13.5 Å². The first-order valence-corrected chi connectivity index (χ1v) is 7.34. The third-order valence-electron chi connectivity index (χ3n) is 4.55. The van der Waals surface area contributed by atoms with Gasteiger partial charge in [-0.05, 0) is 31.2 Å². The van der Waals surface area contributed by atoms with Crippen LogP contribution in [0, 0.1) is 12.8 Å². The van der Waals surface area contributed by atoms with Crippen LogP contribution >= 0.6 is 0 Å². The first kappa shape index (κ1) is 14.5. The predicted molar refractivity (Wildman–Crippen MR) is 78.3 cm³/mol. The van der Waals surface area contributed by atoms with E-state index in [2.05, 4.69) is 38.1 Å². The minimum atomic E-state index is -0.414. The zero-order valence-electron chi connectivity index (χ0n) is 12.4. The number of hydrogen-bond acceptors (Lipinski definition) is 2. The van der Waals surface area contributed by atoms with E-state index in [4.69, 9.17) is 4.74 Å². The Labute approximate surface area is 116 Å². The van der Waals surface area contributed by atoms with Crippen molar-refractivity contribution in [2.75, 3.05) is 7.11 Å². The second kappa shape index (κ2) is 6.06. The maximum atomic E-state index is 10.6. The first-order chi connectivity index (χ1) is 9.05. The molecule has 0 spiro atoms. The zero-order valence-corrected chi connectivity index (χ0v) is 12.4. The molecular weight excluding hydrogens is 236 g/mol. The molecule has 0 bridgehead atoms. The summed E-state index contributed by atoms with van der Waals surface area (Å²) in [5.74, 6) is 0.640. The van der Waals surface area contributed by atoms with Crippen LogP contribution in [-0.2, 0) is 11.2 Å². The SMILES string of the molecule is COC1(C(O)Cc2ccc(C)cc2)CCCC(C)C1. The molecule has 2 rings (SSSR count). The normalized spacial score (nSPS) is 29.2. The molecule has 1 saturated carbocycles. The Balaban J connectivity index is 2.08. The molecule has 0 amide bonds. The molecule has 2 heteroatoms. The van der Waals surface area contributed by atoms with Gasteiger partial charge >= 0.3 is 0 Å². The van der Waals surface area contributed by atoms with Crippen LogP contribution in [0.3, 0.4) is 0 Å². The van der Waals surface area contributed by atoms with Crippen LogP contribution < -0.4 is 0 Å². The molecule has 1 aromatic rings. The van der Waals surface area contributed by atoms with E-state index in [9.17, 15) is 5.11 Å². The highest BCUT2D eigenvalue weighted by Crippen LogP contribution is 2.38. The number of benzene rings is 1.